The first-order valence-corrected chi connectivity index (χ1v) is 11.9. The number of nitrogens with zero attached hydrogens (tertiary/aromatic N) is 2. The SMILES string of the molecule is CC[C@@]1(O)C(=O)OCc2c1cc1n(c2=O)Cc2c-1nc1ccc(Cl)c(F)c1c2CNC(=O)C[C@H](C)O. The fourth-order valence-electron chi connectivity index (χ4n) is 4.92. The number of esters is 1. The molecule has 0 aliphatic carbocycles. The van der Waals surface area contributed by atoms with E-state index in [4.69, 9.17) is 16.3 Å². The van der Waals surface area contributed by atoms with Gasteiger partial charge in [0, 0.05) is 23.1 Å². The van der Waals surface area contributed by atoms with Crippen LogP contribution in [-0.4, -0.2) is 37.7 Å². The number of hydrogen-bond acceptors (Lipinski definition) is 7. The predicted octanol–water partition coefficient (Wildman–Crippen LogP) is 2.26. The molecule has 4 heterocycles. The molecule has 0 unspecified atom stereocenters. The topological polar surface area (TPSA) is 131 Å². The van der Waals surface area contributed by atoms with Gasteiger partial charge in [0.1, 0.15) is 6.61 Å². The normalized spacial score (nSPS) is 18.9. The summed E-state index contributed by atoms with van der Waals surface area (Å²) in [4.78, 5) is 42.7. The minimum atomic E-state index is -1.97. The number of ether oxygens (including phenoxy) is 1. The van der Waals surface area contributed by atoms with Gasteiger partial charge in [-0.15, -0.1) is 0 Å². The van der Waals surface area contributed by atoms with Crippen LogP contribution < -0.4 is 10.9 Å². The molecule has 0 radical (unpaired) electrons. The van der Waals surface area contributed by atoms with Crippen LogP contribution in [0.2, 0.25) is 5.02 Å². The summed E-state index contributed by atoms with van der Waals surface area (Å²) in [5, 5.41) is 23.3. The zero-order chi connectivity index (χ0) is 25.9. The van der Waals surface area contributed by atoms with Gasteiger partial charge in [-0.25, -0.2) is 14.2 Å². The number of halogens is 2. The van der Waals surface area contributed by atoms with Crippen molar-refractivity contribution in [3.63, 3.8) is 0 Å². The lowest BCUT2D eigenvalue weighted by Gasteiger charge is -2.31. The first-order valence-electron chi connectivity index (χ1n) is 11.5. The van der Waals surface area contributed by atoms with Gasteiger partial charge in [0.05, 0.1) is 46.6 Å². The van der Waals surface area contributed by atoms with Gasteiger partial charge in [0.15, 0.2) is 11.4 Å². The van der Waals surface area contributed by atoms with Crippen LogP contribution in [0.15, 0.2) is 23.0 Å². The zero-order valence-electron chi connectivity index (χ0n) is 19.5. The molecule has 0 saturated heterocycles. The number of carbonyl (C=O) groups excluding carboxylic acids is 2. The lowest BCUT2D eigenvalue weighted by Crippen LogP contribution is -2.44. The zero-order valence-corrected chi connectivity index (χ0v) is 20.3. The number of pyridine rings is 2. The second-order valence-corrected chi connectivity index (χ2v) is 9.51. The van der Waals surface area contributed by atoms with Crippen LogP contribution in [0, 0.1) is 5.82 Å². The Morgan fingerprint density at radius 3 is 2.81 bits per heavy atom. The van der Waals surface area contributed by atoms with E-state index in [1.807, 2.05) is 0 Å². The van der Waals surface area contributed by atoms with Crippen molar-refractivity contribution in [1.29, 1.82) is 0 Å². The van der Waals surface area contributed by atoms with E-state index in [0.717, 1.165) is 0 Å². The summed E-state index contributed by atoms with van der Waals surface area (Å²) in [6, 6.07) is 4.48. The Morgan fingerprint density at radius 1 is 1.36 bits per heavy atom. The smallest absolute Gasteiger partial charge is 0.343 e. The minimum absolute atomic E-state index is 0.00397. The molecular formula is C25H23ClFN3O6. The molecule has 0 fully saturated rings. The molecule has 2 aromatic heterocycles. The molecule has 9 nitrogen and oxygen atoms in total. The summed E-state index contributed by atoms with van der Waals surface area (Å²) in [7, 11) is 0. The van der Waals surface area contributed by atoms with Gasteiger partial charge < -0.3 is 24.8 Å². The molecule has 0 spiro atoms. The van der Waals surface area contributed by atoms with E-state index < -0.39 is 35.0 Å². The highest BCUT2D eigenvalue weighted by Crippen LogP contribution is 2.41. The predicted molar refractivity (Wildman–Crippen MR) is 128 cm³/mol. The number of benzene rings is 1. The summed E-state index contributed by atoms with van der Waals surface area (Å²) in [6.07, 6.45) is -0.985. The van der Waals surface area contributed by atoms with Crippen molar-refractivity contribution >= 4 is 34.4 Å². The molecule has 188 valence electrons. The van der Waals surface area contributed by atoms with Gasteiger partial charge >= 0.3 is 5.97 Å². The molecular weight excluding hydrogens is 493 g/mol. The van der Waals surface area contributed by atoms with Crippen molar-refractivity contribution < 1.29 is 28.9 Å². The minimum Gasteiger partial charge on any atom is -0.458 e. The van der Waals surface area contributed by atoms with Crippen molar-refractivity contribution in [3.05, 3.63) is 61.6 Å². The maximum atomic E-state index is 15.2. The first-order chi connectivity index (χ1) is 17.1. The molecule has 0 bridgehead atoms. The van der Waals surface area contributed by atoms with Crippen LogP contribution in [0.1, 0.15) is 48.9 Å². The number of amides is 1. The summed E-state index contributed by atoms with van der Waals surface area (Å²) in [6.45, 7) is 2.77. The summed E-state index contributed by atoms with van der Waals surface area (Å²) >= 11 is 6.05. The Bertz CT molecular complexity index is 1520. The Labute approximate surface area is 209 Å². The van der Waals surface area contributed by atoms with E-state index in [-0.39, 0.29) is 59.6 Å². The Hall–Kier alpha value is -3.34. The Kier molecular flexibility index (Phi) is 5.85. The quantitative estimate of drug-likeness (QED) is 0.347. The number of rotatable bonds is 5. The molecule has 36 heavy (non-hydrogen) atoms. The maximum Gasteiger partial charge on any atom is 0.343 e. The number of cyclic esters (lactones) is 1. The lowest BCUT2D eigenvalue weighted by atomic mass is 9.86. The number of nitrogens with one attached hydrogen (secondary N) is 1. The Morgan fingerprint density at radius 2 is 2.11 bits per heavy atom. The average molecular weight is 516 g/mol. The van der Waals surface area contributed by atoms with Crippen LogP contribution in [0.3, 0.4) is 0 Å². The van der Waals surface area contributed by atoms with Gasteiger partial charge in [-0.05, 0) is 37.1 Å². The van der Waals surface area contributed by atoms with Gasteiger partial charge in [0.25, 0.3) is 5.56 Å². The van der Waals surface area contributed by atoms with Gasteiger partial charge in [-0.1, -0.05) is 18.5 Å². The monoisotopic (exact) mass is 515 g/mol. The van der Waals surface area contributed by atoms with Crippen LogP contribution >= 0.6 is 11.6 Å². The van der Waals surface area contributed by atoms with E-state index >= 15 is 4.39 Å². The van der Waals surface area contributed by atoms with E-state index in [1.54, 1.807) is 19.1 Å². The van der Waals surface area contributed by atoms with Gasteiger partial charge in [-0.2, -0.15) is 0 Å². The standard InChI is InChI=1S/C25H23ClFN3O6/c1-3-25(35)15-7-18-22-13(9-30(18)23(33)14(15)10-36-24(25)34)12(8-28-19(32)6-11(2)31)20-17(29-22)5-4-16(26)21(20)27/h4-5,7,11,31,35H,3,6,8-10H2,1-2H3,(H,28,32)/t11-,25-/m0/s1. The number of aliphatic hydroxyl groups is 2. The number of aromatic nitrogens is 2. The van der Waals surface area contributed by atoms with Gasteiger partial charge in [-0.3, -0.25) is 9.59 Å². The molecule has 3 aromatic rings. The molecule has 2 atom stereocenters. The third-order valence-corrected chi connectivity index (χ3v) is 7.09. The first kappa shape index (κ1) is 24.4. The highest BCUT2D eigenvalue weighted by atomic mass is 35.5. The molecule has 2 aliphatic rings. The summed E-state index contributed by atoms with van der Waals surface area (Å²) < 4.78 is 21.8. The van der Waals surface area contributed by atoms with E-state index in [9.17, 15) is 24.6 Å². The van der Waals surface area contributed by atoms with Crippen LogP contribution in [0.25, 0.3) is 22.3 Å². The number of aliphatic hydroxyl groups excluding tert-OH is 1. The van der Waals surface area contributed by atoms with E-state index in [2.05, 4.69) is 10.3 Å². The molecule has 0 saturated carbocycles. The largest absolute Gasteiger partial charge is 0.458 e. The van der Waals surface area contributed by atoms with Crippen molar-refractivity contribution in [2.45, 2.75) is 58.1 Å². The highest BCUT2D eigenvalue weighted by molar-refractivity contribution is 6.31. The summed E-state index contributed by atoms with van der Waals surface area (Å²) in [5.41, 5.74) is -0.182. The molecule has 1 amide bonds. The molecule has 5 rings (SSSR count). The second-order valence-electron chi connectivity index (χ2n) is 9.11. The molecule has 1 aromatic carbocycles. The van der Waals surface area contributed by atoms with Gasteiger partial charge in [0.2, 0.25) is 5.91 Å². The molecule has 3 N–H and O–H groups in total. The molecule has 11 heteroatoms. The van der Waals surface area contributed by atoms with Crippen LogP contribution in [0.4, 0.5) is 4.39 Å². The number of fused-ring (bicyclic) bond motifs is 5. The second kappa shape index (κ2) is 8.65. The maximum absolute atomic E-state index is 15.2. The number of hydrogen-bond donors (Lipinski definition) is 3. The lowest BCUT2D eigenvalue weighted by molar-refractivity contribution is -0.172. The fraction of sp³-hybridized carbons (Fsp3) is 0.360. The number of carbonyl (C=O) groups is 2. The highest BCUT2D eigenvalue weighted by Gasteiger charge is 2.45. The third-order valence-electron chi connectivity index (χ3n) is 6.80. The van der Waals surface area contributed by atoms with Crippen molar-refractivity contribution in [3.8, 4) is 11.4 Å². The van der Waals surface area contributed by atoms with Crippen LogP contribution in [-0.2, 0) is 39.6 Å². The van der Waals surface area contributed by atoms with Crippen molar-refractivity contribution in [2.75, 3.05) is 0 Å². The van der Waals surface area contributed by atoms with E-state index in [0.29, 0.717) is 22.5 Å². The fourth-order valence-corrected chi connectivity index (χ4v) is 5.08. The van der Waals surface area contributed by atoms with Crippen molar-refractivity contribution in [1.82, 2.24) is 14.9 Å². The summed E-state index contributed by atoms with van der Waals surface area (Å²) in [5.74, 6) is -1.96. The van der Waals surface area contributed by atoms with Crippen molar-refractivity contribution in [2.24, 2.45) is 0 Å². The third kappa shape index (κ3) is 3.59. The van der Waals surface area contributed by atoms with E-state index in [1.165, 1.54) is 17.6 Å². The van der Waals surface area contributed by atoms with Crippen LogP contribution in [0.5, 0.6) is 0 Å². The molecule has 2 aliphatic heterocycles. The Balaban J connectivity index is 1.73. The average Bonchev–Trinajstić information content (AvgIpc) is 3.20.